The number of aliphatic carboxylic acids is 1. The number of carboxylic acids is 1. The molecule has 5 heteroatoms. The van der Waals surface area contributed by atoms with Crippen LogP contribution in [0.4, 0.5) is 0 Å². The van der Waals surface area contributed by atoms with E-state index in [9.17, 15) is 14.7 Å². The highest BCUT2D eigenvalue weighted by Crippen LogP contribution is 2.20. The first kappa shape index (κ1) is 18.1. The summed E-state index contributed by atoms with van der Waals surface area (Å²) >= 11 is 0. The van der Waals surface area contributed by atoms with Crippen molar-refractivity contribution in [2.24, 2.45) is 0 Å². The van der Waals surface area contributed by atoms with E-state index in [1.165, 1.54) is 11.1 Å². The lowest BCUT2D eigenvalue weighted by Crippen LogP contribution is -2.52. The van der Waals surface area contributed by atoms with Crippen LogP contribution >= 0.6 is 0 Å². The quantitative estimate of drug-likeness (QED) is 0.837. The molecule has 1 amide bonds. The van der Waals surface area contributed by atoms with Crippen LogP contribution < -0.4 is 5.32 Å². The molecular formula is C21H24N2O3. The Kier molecular flexibility index (Phi) is 5.68. The standard InChI is InChI=1S/C21H24N2O3/c1-15(23-12-11-17-9-5-6-10-18(17)14-23)20(24)22-19(21(25)26)13-16-7-3-2-4-8-16/h2-10,15,19H,11-14H2,1H3,(H,22,24)(H,25,26)/t15?,19-/m1/s1. The Hall–Kier alpha value is -2.66. The van der Waals surface area contributed by atoms with Gasteiger partial charge in [-0.05, 0) is 30.0 Å². The van der Waals surface area contributed by atoms with Gasteiger partial charge in [-0.3, -0.25) is 9.69 Å². The summed E-state index contributed by atoms with van der Waals surface area (Å²) in [4.78, 5) is 26.3. The number of hydrogen-bond donors (Lipinski definition) is 2. The van der Waals surface area contributed by atoms with E-state index in [0.717, 1.165) is 18.5 Å². The topological polar surface area (TPSA) is 69.6 Å². The van der Waals surface area contributed by atoms with Gasteiger partial charge in [0.1, 0.15) is 6.04 Å². The van der Waals surface area contributed by atoms with E-state index in [1.807, 2.05) is 49.4 Å². The smallest absolute Gasteiger partial charge is 0.326 e. The van der Waals surface area contributed by atoms with Crippen molar-refractivity contribution < 1.29 is 14.7 Å². The second-order valence-corrected chi connectivity index (χ2v) is 6.75. The predicted molar refractivity (Wildman–Crippen MR) is 99.7 cm³/mol. The van der Waals surface area contributed by atoms with Crippen LogP contribution in [0.5, 0.6) is 0 Å². The number of fused-ring (bicyclic) bond motifs is 1. The third-order valence-corrected chi connectivity index (χ3v) is 4.98. The van der Waals surface area contributed by atoms with Gasteiger partial charge < -0.3 is 10.4 Å². The van der Waals surface area contributed by atoms with E-state index in [1.54, 1.807) is 0 Å². The van der Waals surface area contributed by atoms with Gasteiger partial charge in [-0.2, -0.15) is 0 Å². The molecule has 2 atom stereocenters. The summed E-state index contributed by atoms with van der Waals surface area (Å²) in [6.07, 6.45) is 1.18. The number of amides is 1. The second kappa shape index (κ2) is 8.15. The van der Waals surface area contributed by atoms with Crippen molar-refractivity contribution in [2.75, 3.05) is 6.54 Å². The first-order valence-electron chi connectivity index (χ1n) is 8.92. The SMILES string of the molecule is CC(C(=O)N[C@H](Cc1ccccc1)C(=O)O)N1CCc2ccccc2C1. The Morgan fingerprint density at radius 3 is 2.42 bits per heavy atom. The van der Waals surface area contributed by atoms with Gasteiger partial charge in [-0.25, -0.2) is 4.79 Å². The molecule has 0 saturated heterocycles. The lowest BCUT2D eigenvalue weighted by atomic mass is 9.98. The fraction of sp³-hybridized carbons (Fsp3) is 0.333. The zero-order chi connectivity index (χ0) is 18.5. The molecule has 2 aromatic carbocycles. The number of hydrogen-bond acceptors (Lipinski definition) is 3. The zero-order valence-electron chi connectivity index (χ0n) is 14.9. The first-order chi connectivity index (χ1) is 12.5. The Morgan fingerprint density at radius 1 is 1.08 bits per heavy atom. The fourth-order valence-electron chi connectivity index (χ4n) is 3.36. The molecule has 3 rings (SSSR count). The Labute approximate surface area is 153 Å². The molecule has 0 radical (unpaired) electrons. The summed E-state index contributed by atoms with van der Waals surface area (Å²) in [6.45, 7) is 3.34. The minimum atomic E-state index is -1.02. The summed E-state index contributed by atoms with van der Waals surface area (Å²) in [6, 6.07) is 16.3. The van der Waals surface area contributed by atoms with Gasteiger partial charge in [0.15, 0.2) is 0 Å². The zero-order valence-corrected chi connectivity index (χ0v) is 14.9. The van der Waals surface area contributed by atoms with Crippen LogP contribution in [-0.2, 0) is 29.0 Å². The van der Waals surface area contributed by atoms with Gasteiger partial charge in [0.05, 0.1) is 6.04 Å². The maximum Gasteiger partial charge on any atom is 0.326 e. The molecular weight excluding hydrogens is 328 g/mol. The molecule has 0 bridgehead atoms. The second-order valence-electron chi connectivity index (χ2n) is 6.75. The number of nitrogens with zero attached hydrogens (tertiary/aromatic N) is 1. The van der Waals surface area contributed by atoms with Crippen molar-refractivity contribution in [3.8, 4) is 0 Å². The van der Waals surface area contributed by atoms with Crippen molar-refractivity contribution in [1.82, 2.24) is 10.2 Å². The fourth-order valence-corrected chi connectivity index (χ4v) is 3.36. The normalized spacial score (nSPS) is 16.3. The lowest BCUT2D eigenvalue weighted by molar-refractivity contribution is -0.142. The van der Waals surface area contributed by atoms with Crippen LogP contribution in [0, 0.1) is 0 Å². The first-order valence-corrected chi connectivity index (χ1v) is 8.92. The van der Waals surface area contributed by atoms with Crippen LogP contribution in [-0.4, -0.2) is 40.5 Å². The molecule has 0 spiro atoms. The number of benzene rings is 2. The molecule has 2 N–H and O–H groups in total. The highest BCUT2D eigenvalue weighted by atomic mass is 16.4. The lowest BCUT2D eigenvalue weighted by Gasteiger charge is -2.33. The largest absolute Gasteiger partial charge is 0.480 e. The monoisotopic (exact) mass is 352 g/mol. The molecule has 136 valence electrons. The van der Waals surface area contributed by atoms with Crippen LogP contribution in [0.1, 0.15) is 23.6 Å². The van der Waals surface area contributed by atoms with Crippen molar-refractivity contribution in [2.45, 2.75) is 38.4 Å². The van der Waals surface area contributed by atoms with Gasteiger partial charge in [0.25, 0.3) is 0 Å². The minimum Gasteiger partial charge on any atom is -0.480 e. The summed E-state index contributed by atoms with van der Waals surface area (Å²) < 4.78 is 0. The van der Waals surface area contributed by atoms with E-state index in [0.29, 0.717) is 6.54 Å². The molecule has 0 saturated carbocycles. The van der Waals surface area contributed by atoms with Crippen LogP contribution in [0.2, 0.25) is 0 Å². The van der Waals surface area contributed by atoms with Gasteiger partial charge in [0, 0.05) is 19.5 Å². The molecule has 5 nitrogen and oxygen atoms in total. The van der Waals surface area contributed by atoms with Crippen LogP contribution in [0.15, 0.2) is 54.6 Å². The number of carbonyl (C=O) groups excluding carboxylic acids is 1. The Balaban J connectivity index is 1.63. The van der Waals surface area contributed by atoms with Gasteiger partial charge in [-0.15, -0.1) is 0 Å². The summed E-state index contributed by atoms with van der Waals surface area (Å²) in [5.41, 5.74) is 3.45. The van der Waals surface area contributed by atoms with Gasteiger partial charge >= 0.3 is 5.97 Å². The van der Waals surface area contributed by atoms with Crippen molar-refractivity contribution >= 4 is 11.9 Å². The van der Waals surface area contributed by atoms with E-state index >= 15 is 0 Å². The number of carboxylic acid groups (broad SMARTS) is 1. The van der Waals surface area contributed by atoms with E-state index < -0.39 is 12.0 Å². The molecule has 1 unspecified atom stereocenters. The number of carbonyl (C=O) groups is 2. The Morgan fingerprint density at radius 2 is 1.73 bits per heavy atom. The van der Waals surface area contributed by atoms with Crippen LogP contribution in [0.25, 0.3) is 0 Å². The van der Waals surface area contributed by atoms with Gasteiger partial charge in [0.2, 0.25) is 5.91 Å². The molecule has 0 aliphatic carbocycles. The molecule has 0 aromatic heterocycles. The third-order valence-electron chi connectivity index (χ3n) is 4.98. The average Bonchev–Trinajstić information content (AvgIpc) is 2.67. The maximum absolute atomic E-state index is 12.6. The molecule has 1 aliphatic heterocycles. The third kappa shape index (κ3) is 4.29. The van der Waals surface area contributed by atoms with Gasteiger partial charge in [-0.1, -0.05) is 54.6 Å². The summed E-state index contributed by atoms with van der Waals surface area (Å²) in [5.74, 6) is -1.26. The predicted octanol–water partition coefficient (Wildman–Crippen LogP) is 2.25. The van der Waals surface area contributed by atoms with Crippen molar-refractivity contribution in [3.63, 3.8) is 0 Å². The maximum atomic E-state index is 12.6. The van der Waals surface area contributed by atoms with Crippen molar-refractivity contribution in [3.05, 3.63) is 71.3 Å². The molecule has 1 aliphatic rings. The Bertz CT molecular complexity index is 776. The molecule has 1 heterocycles. The summed E-state index contributed by atoms with van der Waals surface area (Å²) in [7, 11) is 0. The number of nitrogens with one attached hydrogen (secondary N) is 1. The average molecular weight is 352 g/mol. The molecule has 26 heavy (non-hydrogen) atoms. The molecule has 0 fully saturated rings. The highest BCUT2D eigenvalue weighted by Gasteiger charge is 2.28. The van der Waals surface area contributed by atoms with E-state index in [-0.39, 0.29) is 18.4 Å². The van der Waals surface area contributed by atoms with Crippen molar-refractivity contribution in [1.29, 1.82) is 0 Å². The van der Waals surface area contributed by atoms with Crippen LogP contribution in [0.3, 0.4) is 0 Å². The minimum absolute atomic E-state index is 0.243. The number of rotatable bonds is 6. The summed E-state index contributed by atoms with van der Waals surface area (Å²) in [5, 5.41) is 12.2. The van der Waals surface area contributed by atoms with E-state index in [4.69, 9.17) is 0 Å². The highest BCUT2D eigenvalue weighted by molar-refractivity contribution is 5.86. The molecule has 2 aromatic rings. The van der Waals surface area contributed by atoms with E-state index in [2.05, 4.69) is 22.3 Å².